The lowest BCUT2D eigenvalue weighted by Crippen LogP contribution is -2.07. The number of rotatable bonds is 5. The van der Waals surface area contributed by atoms with Crippen LogP contribution in [-0.4, -0.2) is 34.2 Å². The smallest absolute Gasteiger partial charge is 0.416 e. The Labute approximate surface area is 169 Å². The quantitative estimate of drug-likeness (QED) is 0.479. The lowest BCUT2D eigenvalue weighted by molar-refractivity contribution is -0.137. The van der Waals surface area contributed by atoms with E-state index in [1.54, 1.807) is 49.6 Å². The third kappa shape index (κ3) is 3.78. The number of aromatic nitrogens is 4. The molecule has 0 spiro atoms. The van der Waals surface area contributed by atoms with Crippen LogP contribution in [0.4, 0.5) is 13.2 Å². The third-order valence-electron chi connectivity index (χ3n) is 4.69. The van der Waals surface area contributed by atoms with Crippen molar-refractivity contribution in [1.82, 2.24) is 20.0 Å². The third-order valence-corrected chi connectivity index (χ3v) is 4.69. The van der Waals surface area contributed by atoms with Gasteiger partial charge in [-0.3, -0.25) is 4.68 Å². The van der Waals surface area contributed by atoms with Gasteiger partial charge in [-0.25, -0.2) is 0 Å². The van der Waals surface area contributed by atoms with Crippen molar-refractivity contribution < 1.29 is 22.6 Å². The number of hydrogen-bond donors (Lipinski definition) is 0. The number of nitrogens with zero attached hydrogens (tertiary/aromatic N) is 4. The van der Waals surface area contributed by atoms with Gasteiger partial charge in [0, 0.05) is 28.8 Å². The largest absolute Gasteiger partial charge is 0.493 e. The van der Waals surface area contributed by atoms with E-state index in [1.807, 2.05) is 6.07 Å². The molecule has 0 fully saturated rings. The molecular formula is C21H17F3N4O2. The van der Waals surface area contributed by atoms with Crippen LogP contribution in [0.3, 0.4) is 0 Å². The van der Waals surface area contributed by atoms with Crippen LogP contribution >= 0.6 is 0 Å². The highest BCUT2D eigenvalue weighted by atomic mass is 19.4. The van der Waals surface area contributed by atoms with Crippen molar-refractivity contribution in [3.63, 3.8) is 0 Å². The first-order valence-electron chi connectivity index (χ1n) is 8.95. The maximum Gasteiger partial charge on any atom is 0.416 e. The molecule has 2 aromatic carbocycles. The summed E-state index contributed by atoms with van der Waals surface area (Å²) in [7, 11) is 3.09. The minimum atomic E-state index is -4.38. The molecule has 4 rings (SSSR count). The highest BCUT2D eigenvalue weighted by molar-refractivity contribution is 5.95. The van der Waals surface area contributed by atoms with Crippen molar-refractivity contribution in [3.05, 3.63) is 66.1 Å². The summed E-state index contributed by atoms with van der Waals surface area (Å²) >= 11 is 0. The predicted molar refractivity (Wildman–Crippen MR) is 104 cm³/mol. The van der Waals surface area contributed by atoms with Gasteiger partial charge in [0.1, 0.15) is 0 Å². The van der Waals surface area contributed by atoms with Gasteiger partial charge >= 0.3 is 6.18 Å². The number of methoxy groups -OCH3 is 2. The van der Waals surface area contributed by atoms with Crippen LogP contribution in [0.2, 0.25) is 0 Å². The van der Waals surface area contributed by atoms with Crippen molar-refractivity contribution in [2.24, 2.45) is 0 Å². The van der Waals surface area contributed by atoms with Gasteiger partial charge in [0.15, 0.2) is 11.5 Å². The van der Waals surface area contributed by atoms with Crippen molar-refractivity contribution in [2.75, 3.05) is 14.2 Å². The summed E-state index contributed by atoms with van der Waals surface area (Å²) in [6.07, 6.45) is 0.626. The zero-order valence-electron chi connectivity index (χ0n) is 16.1. The molecule has 0 unspecified atom stereocenters. The SMILES string of the molecule is COc1cc2nncc(-c3cnn(Cc4cccc(C(F)(F)F)c4)c3)c2cc1OC. The molecule has 0 atom stereocenters. The number of hydrogen-bond acceptors (Lipinski definition) is 5. The van der Waals surface area contributed by atoms with Crippen LogP contribution in [0.15, 0.2) is 55.0 Å². The van der Waals surface area contributed by atoms with Crippen molar-refractivity contribution in [3.8, 4) is 22.6 Å². The molecular weight excluding hydrogens is 397 g/mol. The summed E-state index contributed by atoms with van der Waals surface area (Å²) in [4.78, 5) is 0. The minimum absolute atomic E-state index is 0.206. The van der Waals surface area contributed by atoms with Crippen LogP contribution in [0.1, 0.15) is 11.1 Å². The minimum Gasteiger partial charge on any atom is -0.493 e. The highest BCUT2D eigenvalue weighted by Crippen LogP contribution is 2.35. The summed E-state index contributed by atoms with van der Waals surface area (Å²) in [5.41, 5.74) is 1.97. The fraction of sp³-hybridized carbons (Fsp3) is 0.190. The fourth-order valence-electron chi connectivity index (χ4n) is 3.24. The molecule has 154 valence electrons. The Balaban J connectivity index is 1.68. The molecule has 0 aliphatic carbocycles. The van der Waals surface area contributed by atoms with Gasteiger partial charge in [0.2, 0.25) is 0 Å². The molecule has 0 aliphatic rings. The molecule has 0 saturated heterocycles. The predicted octanol–water partition coefficient (Wildman–Crippen LogP) is 4.58. The Bertz CT molecular complexity index is 1200. The summed E-state index contributed by atoms with van der Waals surface area (Å²) in [5, 5.41) is 13.3. The number of ether oxygens (including phenoxy) is 2. The number of fused-ring (bicyclic) bond motifs is 1. The molecule has 2 aromatic heterocycles. The fourth-order valence-corrected chi connectivity index (χ4v) is 3.24. The van der Waals surface area contributed by atoms with Crippen LogP contribution in [0.25, 0.3) is 22.0 Å². The van der Waals surface area contributed by atoms with Crippen molar-refractivity contribution in [1.29, 1.82) is 0 Å². The summed E-state index contributed by atoms with van der Waals surface area (Å²) in [6.45, 7) is 0.206. The first-order valence-corrected chi connectivity index (χ1v) is 8.95. The van der Waals surface area contributed by atoms with Crippen LogP contribution in [0, 0.1) is 0 Å². The Morgan fingerprint density at radius 2 is 1.77 bits per heavy atom. The molecule has 0 N–H and O–H groups in total. The van der Waals surface area contributed by atoms with Gasteiger partial charge in [-0.15, -0.1) is 0 Å². The van der Waals surface area contributed by atoms with Gasteiger partial charge in [-0.2, -0.15) is 28.5 Å². The molecule has 0 aliphatic heterocycles. The van der Waals surface area contributed by atoms with E-state index in [0.717, 1.165) is 28.6 Å². The summed E-state index contributed by atoms with van der Waals surface area (Å²) in [5.74, 6) is 1.09. The average Bonchev–Trinajstić information content (AvgIpc) is 3.20. The first-order chi connectivity index (χ1) is 14.4. The van der Waals surface area contributed by atoms with Gasteiger partial charge in [-0.05, 0) is 23.8 Å². The van der Waals surface area contributed by atoms with Crippen LogP contribution in [-0.2, 0) is 12.7 Å². The van der Waals surface area contributed by atoms with Crippen LogP contribution < -0.4 is 9.47 Å². The second-order valence-electron chi connectivity index (χ2n) is 6.61. The first kappa shape index (κ1) is 19.7. The zero-order valence-corrected chi connectivity index (χ0v) is 16.1. The Hall–Kier alpha value is -3.62. The van der Waals surface area contributed by atoms with E-state index in [-0.39, 0.29) is 6.54 Å². The Morgan fingerprint density at radius 3 is 2.50 bits per heavy atom. The monoisotopic (exact) mass is 414 g/mol. The van der Waals surface area contributed by atoms with E-state index in [1.165, 1.54) is 6.07 Å². The highest BCUT2D eigenvalue weighted by Gasteiger charge is 2.30. The second-order valence-corrected chi connectivity index (χ2v) is 6.61. The topological polar surface area (TPSA) is 62.1 Å². The number of halogens is 3. The van der Waals surface area contributed by atoms with Gasteiger partial charge in [0.05, 0.1) is 44.2 Å². The number of benzene rings is 2. The van der Waals surface area contributed by atoms with E-state index in [4.69, 9.17) is 9.47 Å². The molecule has 30 heavy (non-hydrogen) atoms. The molecule has 4 aromatic rings. The van der Waals surface area contributed by atoms with E-state index in [0.29, 0.717) is 22.6 Å². The molecule has 0 radical (unpaired) electrons. The van der Waals surface area contributed by atoms with Crippen LogP contribution in [0.5, 0.6) is 11.5 Å². The van der Waals surface area contributed by atoms with E-state index < -0.39 is 11.7 Å². The van der Waals surface area contributed by atoms with Gasteiger partial charge in [-0.1, -0.05) is 12.1 Å². The lowest BCUT2D eigenvalue weighted by Gasteiger charge is -2.10. The summed E-state index contributed by atoms with van der Waals surface area (Å²) in [6, 6.07) is 8.75. The van der Waals surface area contributed by atoms with Crippen molar-refractivity contribution in [2.45, 2.75) is 12.7 Å². The van der Waals surface area contributed by atoms with Gasteiger partial charge in [0.25, 0.3) is 0 Å². The molecule has 2 heterocycles. The van der Waals surface area contributed by atoms with E-state index in [9.17, 15) is 13.2 Å². The average molecular weight is 414 g/mol. The van der Waals surface area contributed by atoms with E-state index >= 15 is 0 Å². The molecule has 0 bridgehead atoms. The van der Waals surface area contributed by atoms with Gasteiger partial charge < -0.3 is 9.47 Å². The maximum atomic E-state index is 12.9. The van der Waals surface area contributed by atoms with E-state index in [2.05, 4.69) is 15.3 Å². The molecule has 0 saturated carbocycles. The number of alkyl halides is 3. The molecule has 0 amide bonds. The lowest BCUT2D eigenvalue weighted by atomic mass is 10.1. The molecule has 6 nitrogen and oxygen atoms in total. The second kappa shape index (κ2) is 7.66. The molecule has 9 heteroatoms. The maximum absolute atomic E-state index is 12.9. The summed E-state index contributed by atoms with van der Waals surface area (Å²) < 4.78 is 51.1. The normalized spacial score (nSPS) is 11.6. The standard InChI is InChI=1S/C21H17F3N4O2/c1-29-19-7-16-17(10-25-27-18(16)8-20(19)30-2)14-9-26-28(12-14)11-13-4-3-5-15(6-13)21(22,23)24/h3-10,12H,11H2,1-2H3. The Kier molecular flexibility index (Phi) is 5.03. The Morgan fingerprint density at radius 1 is 1.00 bits per heavy atom. The zero-order chi connectivity index (χ0) is 21.3. The van der Waals surface area contributed by atoms with Crippen molar-refractivity contribution >= 4 is 10.9 Å².